The predicted octanol–water partition coefficient (Wildman–Crippen LogP) is 0.593. The van der Waals surface area contributed by atoms with E-state index < -0.39 is 9.84 Å². The fourth-order valence-corrected chi connectivity index (χ4v) is 3.61. The highest BCUT2D eigenvalue weighted by Crippen LogP contribution is 2.30. The van der Waals surface area contributed by atoms with E-state index in [1.54, 1.807) is 12.4 Å². The molecule has 2 aromatic rings. The van der Waals surface area contributed by atoms with Crippen LogP contribution in [0, 0.1) is 0 Å². The molecule has 0 radical (unpaired) electrons. The minimum absolute atomic E-state index is 0.168. The van der Waals surface area contributed by atoms with Gasteiger partial charge < -0.3 is 0 Å². The topological polar surface area (TPSA) is 91.8 Å². The molecule has 1 N–H and O–H groups in total. The molecule has 3 heterocycles. The maximum absolute atomic E-state index is 11.8. The number of hydrogen-bond donors (Lipinski definition) is 1. The molecule has 1 atom stereocenters. The van der Waals surface area contributed by atoms with Crippen LogP contribution in [0.3, 0.4) is 0 Å². The number of sulfone groups is 1. The number of nitrogens with zero attached hydrogens (tertiary/aromatic N) is 4. The first-order valence-corrected chi connectivity index (χ1v) is 8.63. The fraction of sp³-hybridized carbons (Fsp3) is 0.462. The molecular weight excluding hydrogens is 290 g/mol. The van der Waals surface area contributed by atoms with Gasteiger partial charge in [-0.3, -0.25) is 10.00 Å². The number of rotatable bonds is 4. The van der Waals surface area contributed by atoms with Crippen LogP contribution in [-0.4, -0.2) is 52.8 Å². The van der Waals surface area contributed by atoms with Gasteiger partial charge in [-0.15, -0.1) is 0 Å². The third kappa shape index (κ3) is 3.11. The van der Waals surface area contributed by atoms with Crippen molar-refractivity contribution in [1.82, 2.24) is 25.1 Å². The Morgan fingerprint density at radius 3 is 2.81 bits per heavy atom. The first-order chi connectivity index (χ1) is 10.0. The number of nitrogens with one attached hydrogen (secondary N) is 1. The smallest absolute Gasteiger partial charge is 0.178 e. The second kappa shape index (κ2) is 5.53. The van der Waals surface area contributed by atoms with Gasteiger partial charge in [0.05, 0.1) is 11.9 Å². The minimum Gasteiger partial charge on any atom is -0.298 e. The van der Waals surface area contributed by atoms with E-state index in [9.17, 15) is 8.42 Å². The zero-order valence-corrected chi connectivity index (χ0v) is 12.5. The molecule has 1 aliphatic heterocycles. The Balaban J connectivity index is 1.72. The number of likely N-dealkylation sites (tertiary alicyclic amines) is 1. The normalized spacial score (nSPS) is 20.0. The summed E-state index contributed by atoms with van der Waals surface area (Å²) in [4.78, 5) is 10.6. The predicted molar refractivity (Wildman–Crippen MR) is 76.4 cm³/mol. The van der Waals surface area contributed by atoms with Crippen molar-refractivity contribution < 1.29 is 8.42 Å². The van der Waals surface area contributed by atoms with Crippen LogP contribution < -0.4 is 0 Å². The van der Waals surface area contributed by atoms with E-state index in [2.05, 4.69) is 25.1 Å². The van der Waals surface area contributed by atoms with Crippen LogP contribution in [0.25, 0.3) is 0 Å². The standard InChI is InChI=1S/C13H17N5O2S/c1-21(19,20)12-6-16-17-13(12)11-2-3-18(8-11)7-10-4-14-9-15-5-10/h4-6,9,11H,2-3,7-8H2,1H3,(H,16,17)/t11-/m0/s1. The maximum atomic E-state index is 11.8. The number of H-pyrrole nitrogens is 1. The quantitative estimate of drug-likeness (QED) is 0.889. The van der Waals surface area contributed by atoms with Gasteiger partial charge in [0, 0.05) is 43.2 Å². The van der Waals surface area contributed by atoms with Crippen molar-refractivity contribution in [2.24, 2.45) is 0 Å². The van der Waals surface area contributed by atoms with E-state index in [-0.39, 0.29) is 5.92 Å². The molecule has 1 fully saturated rings. The molecule has 1 saturated heterocycles. The first kappa shape index (κ1) is 14.2. The molecule has 0 aromatic carbocycles. The van der Waals surface area contributed by atoms with Crippen molar-refractivity contribution in [3.05, 3.63) is 36.2 Å². The Morgan fingerprint density at radius 2 is 2.10 bits per heavy atom. The molecule has 0 amide bonds. The van der Waals surface area contributed by atoms with Gasteiger partial charge in [-0.05, 0) is 13.0 Å². The van der Waals surface area contributed by atoms with Crippen molar-refractivity contribution in [3.63, 3.8) is 0 Å². The molecule has 0 saturated carbocycles. The zero-order valence-electron chi connectivity index (χ0n) is 11.7. The average Bonchev–Trinajstić information content (AvgIpc) is 3.07. The molecule has 0 aliphatic carbocycles. The van der Waals surface area contributed by atoms with Gasteiger partial charge >= 0.3 is 0 Å². The van der Waals surface area contributed by atoms with Crippen molar-refractivity contribution >= 4 is 9.84 Å². The summed E-state index contributed by atoms with van der Waals surface area (Å²) in [6, 6.07) is 0. The van der Waals surface area contributed by atoms with E-state index in [0.717, 1.165) is 37.3 Å². The van der Waals surface area contributed by atoms with Crippen LogP contribution in [0.2, 0.25) is 0 Å². The Bertz CT molecular complexity index is 713. The molecule has 1 aliphatic rings. The van der Waals surface area contributed by atoms with Crippen LogP contribution in [0.5, 0.6) is 0 Å². The Kier molecular flexibility index (Phi) is 3.73. The molecule has 7 nitrogen and oxygen atoms in total. The molecule has 112 valence electrons. The number of aromatic amines is 1. The first-order valence-electron chi connectivity index (χ1n) is 6.73. The average molecular weight is 307 g/mol. The summed E-state index contributed by atoms with van der Waals surface area (Å²) in [5.74, 6) is 0.168. The highest BCUT2D eigenvalue weighted by Gasteiger charge is 2.29. The summed E-state index contributed by atoms with van der Waals surface area (Å²) in [6.07, 6.45) is 8.66. The number of aromatic nitrogens is 4. The molecule has 0 unspecified atom stereocenters. The lowest BCUT2D eigenvalue weighted by Gasteiger charge is -2.15. The van der Waals surface area contributed by atoms with E-state index in [4.69, 9.17) is 0 Å². The van der Waals surface area contributed by atoms with Gasteiger partial charge in [0.25, 0.3) is 0 Å². The third-order valence-electron chi connectivity index (χ3n) is 3.73. The fourth-order valence-electron chi connectivity index (χ4n) is 2.75. The second-order valence-electron chi connectivity index (χ2n) is 5.39. The molecule has 0 bridgehead atoms. The lowest BCUT2D eigenvalue weighted by molar-refractivity contribution is 0.325. The van der Waals surface area contributed by atoms with Crippen LogP contribution in [0.4, 0.5) is 0 Å². The van der Waals surface area contributed by atoms with Gasteiger partial charge in [-0.2, -0.15) is 5.10 Å². The number of hydrogen-bond acceptors (Lipinski definition) is 6. The molecule has 2 aromatic heterocycles. The van der Waals surface area contributed by atoms with Crippen LogP contribution in [-0.2, 0) is 16.4 Å². The summed E-state index contributed by atoms with van der Waals surface area (Å²) in [5.41, 5.74) is 1.79. The van der Waals surface area contributed by atoms with Crippen LogP contribution >= 0.6 is 0 Å². The zero-order chi connectivity index (χ0) is 14.9. The molecule has 3 rings (SSSR count). The van der Waals surface area contributed by atoms with Gasteiger partial charge in [0.15, 0.2) is 9.84 Å². The highest BCUT2D eigenvalue weighted by molar-refractivity contribution is 7.90. The lowest BCUT2D eigenvalue weighted by Crippen LogP contribution is -2.20. The molecule has 0 spiro atoms. The van der Waals surface area contributed by atoms with Gasteiger partial charge in [0.1, 0.15) is 11.2 Å². The van der Waals surface area contributed by atoms with Gasteiger partial charge in [-0.25, -0.2) is 18.4 Å². The van der Waals surface area contributed by atoms with Crippen molar-refractivity contribution in [3.8, 4) is 0 Å². The molecule has 8 heteroatoms. The SMILES string of the molecule is CS(=O)(=O)c1cn[nH]c1[C@H]1CCN(Cc2cncnc2)C1. The maximum Gasteiger partial charge on any atom is 0.178 e. The highest BCUT2D eigenvalue weighted by atomic mass is 32.2. The van der Waals surface area contributed by atoms with Gasteiger partial charge in [-0.1, -0.05) is 0 Å². The Hall–Kier alpha value is -1.80. The van der Waals surface area contributed by atoms with E-state index >= 15 is 0 Å². The summed E-state index contributed by atoms with van der Waals surface area (Å²) in [5, 5.41) is 6.76. The van der Waals surface area contributed by atoms with Crippen LogP contribution in [0.15, 0.2) is 29.8 Å². The third-order valence-corrected chi connectivity index (χ3v) is 4.86. The van der Waals surface area contributed by atoms with Gasteiger partial charge in [0.2, 0.25) is 0 Å². The largest absolute Gasteiger partial charge is 0.298 e. The Labute approximate surface area is 123 Å². The van der Waals surface area contributed by atoms with E-state index in [1.165, 1.54) is 18.8 Å². The Morgan fingerprint density at radius 1 is 1.33 bits per heavy atom. The van der Waals surface area contributed by atoms with Crippen molar-refractivity contribution in [1.29, 1.82) is 0 Å². The summed E-state index contributed by atoms with van der Waals surface area (Å²) < 4.78 is 23.5. The lowest BCUT2D eigenvalue weighted by atomic mass is 10.1. The summed E-state index contributed by atoms with van der Waals surface area (Å²) in [7, 11) is -3.24. The summed E-state index contributed by atoms with van der Waals surface area (Å²) in [6.45, 7) is 2.50. The second-order valence-corrected chi connectivity index (χ2v) is 7.37. The monoisotopic (exact) mass is 307 g/mol. The van der Waals surface area contributed by atoms with Crippen molar-refractivity contribution in [2.45, 2.75) is 23.8 Å². The summed E-state index contributed by atoms with van der Waals surface area (Å²) >= 11 is 0. The van der Waals surface area contributed by atoms with E-state index in [1.807, 2.05) is 0 Å². The van der Waals surface area contributed by atoms with Crippen LogP contribution in [0.1, 0.15) is 23.6 Å². The molecule has 21 heavy (non-hydrogen) atoms. The van der Waals surface area contributed by atoms with Crippen molar-refractivity contribution in [2.75, 3.05) is 19.3 Å². The van der Waals surface area contributed by atoms with E-state index in [0.29, 0.717) is 4.90 Å². The minimum atomic E-state index is -3.24. The molecular formula is C13H17N5O2S.